The molecular weight excluding hydrogens is 340 g/mol. The summed E-state index contributed by atoms with van der Waals surface area (Å²) in [5.41, 5.74) is 0.518. The smallest absolute Gasteiger partial charge is 0.291 e. The molecule has 0 unspecified atom stereocenters. The molecule has 0 aliphatic carbocycles. The lowest BCUT2D eigenvalue weighted by Gasteiger charge is -2.26. The Labute approximate surface area is 129 Å². The van der Waals surface area contributed by atoms with Gasteiger partial charge in [-0.2, -0.15) is 0 Å². The van der Waals surface area contributed by atoms with Gasteiger partial charge in [-0.3, -0.25) is 4.79 Å². The van der Waals surface area contributed by atoms with Gasteiger partial charge in [0.15, 0.2) is 10.4 Å². The maximum absolute atomic E-state index is 11.9. The first-order chi connectivity index (χ1) is 10.2. The summed E-state index contributed by atoms with van der Waals surface area (Å²) in [5, 5.41) is 2.68. The molecule has 0 spiro atoms. The Kier molecular flexibility index (Phi) is 4.16. The van der Waals surface area contributed by atoms with Crippen LogP contribution in [0.15, 0.2) is 33.6 Å². The number of aromatic nitrogens is 2. The predicted octanol–water partition coefficient (Wildman–Crippen LogP) is 1.92. The van der Waals surface area contributed by atoms with Gasteiger partial charge in [-0.1, -0.05) is 0 Å². The lowest BCUT2D eigenvalue weighted by molar-refractivity contribution is 0.0995. The van der Waals surface area contributed by atoms with Gasteiger partial charge in [0.25, 0.3) is 5.91 Å². The molecular formula is C13H13BrN4O3. The van der Waals surface area contributed by atoms with Crippen molar-refractivity contribution in [3.8, 4) is 0 Å². The number of anilines is 2. The minimum atomic E-state index is -0.344. The summed E-state index contributed by atoms with van der Waals surface area (Å²) < 4.78 is 11.0. The zero-order valence-electron chi connectivity index (χ0n) is 11.1. The maximum atomic E-state index is 11.9. The number of ether oxygens (including phenoxy) is 1. The molecule has 110 valence electrons. The normalized spacial score (nSPS) is 15.0. The Morgan fingerprint density at radius 1 is 1.24 bits per heavy atom. The van der Waals surface area contributed by atoms with Crippen LogP contribution in [0.2, 0.25) is 0 Å². The van der Waals surface area contributed by atoms with Gasteiger partial charge < -0.3 is 19.4 Å². The fourth-order valence-corrected chi connectivity index (χ4v) is 2.25. The molecule has 7 nitrogen and oxygen atoms in total. The highest BCUT2D eigenvalue weighted by molar-refractivity contribution is 9.10. The number of amides is 1. The fraction of sp³-hybridized carbons (Fsp3) is 0.308. The topological polar surface area (TPSA) is 80.5 Å². The molecule has 0 saturated carbocycles. The molecule has 1 aliphatic rings. The van der Waals surface area contributed by atoms with Crippen LogP contribution in [0.1, 0.15) is 10.6 Å². The van der Waals surface area contributed by atoms with Crippen LogP contribution in [-0.2, 0) is 4.74 Å². The zero-order chi connectivity index (χ0) is 14.7. The van der Waals surface area contributed by atoms with E-state index in [4.69, 9.17) is 9.15 Å². The lowest BCUT2D eigenvalue weighted by atomic mass is 10.4. The number of halogens is 1. The molecule has 21 heavy (non-hydrogen) atoms. The van der Waals surface area contributed by atoms with Crippen LogP contribution in [0.25, 0.3) is 0 Å². The number of carbonyl (C=O) groups is 1. The van der Waals surface area contributed by atoms with Gasteiger partial charge in [-0.15, -0.1) is 0 Å². The minimum absolute atomic E-state index is 0.221. The van der Waals surface area contributed by atoms with Crippen molar-refractivity contribution in [1.29, 1.82) is 0 Å². The number of carbonyl (C=O) groups excluding carboxylic acids is 1. The summed E-state index contributed by atoms with van der Waals surface area (Å²) in [5.74, 6) is 0.514. The van der Waals surface area contributed by atoms with E-state index in [2.05, 4.69) is 31.2 Å². The summed E-state index contributed by atoms with van der Waals surface area (Å²) in [6, 6.07) is 3.25. The van der Waals surface area contributed by atoms with Crippen molar-refractivity contribution in [2.45, 2.75) is 0 Å². The molecule has 0 radical (unpaired) electrons. The second-order valence-corrected chi connectivity index (χ2v) is 5.21. The molecule has 2 aromatic heterocycles. The number of rotatable bonds is 3. The monoisotopic (exact) mass is 352 g/mol. The van der Waals surface area contributed by atoms with Gasteiger partial charge in [-0.05, 0) is 28.1 Å². The van der Waals surface area contributed by atoms with Crippen molar-refractivity contribution in [2.24, 2.45) is 0 Å². The SMILES string of the molecule is O=C(Nc1cnc(N2CCOCC2)nc1)c1ccc(Br)o1. The van der Waals surface area contributed by atoms with Gasteiger partial charge in [0.05, 0.1) is 31.3 Å². The van der Waals surface area contributed by atoms with Crippen molar-refractivity contribution in [2.75, 3.05) is 36.5 Å². The predicted molar refractivity (Wildman–Crippen MR) is 79.4 cm³/mol. The number of hydrogen-bond acceptors (Lipinski definition) is 6. The molecule has 8 heteroatoms. The summed E-state index contributed by atoms with van der Waals surface area (Å²) in [6.45, 7) is 2.89. The van der Waals surface area contributed by atoms with Crippen LogP contribution >= 0.6 is 15.9 Å². The first-order valence-corrected chi connectivity index (χ1v) is 7.23. The van der Waals surface area contributed by atoms with Crippen LogP contribution in [0.4, 0.5) is 11.6 Å². The van der Waals surface area contributed by atoms with E-state index in [1.807, 2.05) is 4.90 Å². The Morgan fingerprint density at radius 3 is 2.57 bits per heavy atom. The molecule has 0 bridgehead atoms. The Morgan fingerprint density at radius 2 is 1.95 bits per heavy atom. The van der Waals surface area contributed by atoms with E-state index >= 15 is 0 Å². The minimum Gasteiger partial charge on any atom is -0.444 e. The molecule has 3 rings (SSSR count). The van der Waals surface area contributed by atoms with E-state index in [9.17, 15) is 4.79 Å². The number of furan rings is 1. The first-order valence-electron chi connectivity index (χ1n) is 6.44. The van der Waals surface area contributed by atoms with Crippen LogP contribution in [-0.4, -0.2) is 42.2 Å². The van der Waals surface area contributed by atoms with Crippen molar-refractivity contribution in [3.05, 3.63) is 35.0 Å². The molecule has 1 fully saturated rings. The second-order valence-electron chi connectivity index (χ2n) is 4.43. The molecule has 1 N–H and O–H groups in total. The third-order valence-corrected chi connectivity index (χ3v) is 3.41. The summed E-state index contributed by atoms with van der Waals surface area (Å²) in [7, 11) is 0. The van der Waals surface area contributed by atoms with E-state index in [1.165, 1.54) is 0 Å². The summed E-state index contributed by atoms with van der Waals surface area (Å²) in [6.07, 6.45) is 3.15. The first kappa shape index (κ1) is 14.0. The van der Waals surface area contributed by atoms with Gasteiger partial charge in [0.1, 0.15) is 0 Å². The third-order valence-electron chi connectivity index (χ3n) is 2.99. The van der Waals surface area contributed by atoms with E-state index in [1.54, 1.807) is 24.5 Å². The van der Waals surface area contributed by atoms with E-state index in [-0.39, 0.29) is 11.7 Å². The van der Waals surface area contributed by atoms with Crippen LogP contribution in [0.3, 0.4) is 0 Å². The van der Waals surface area contributed by atoms with Gasteiger partial charge in [0.2, 0.25) is 5.95 Å². The van der Waals surface area contributed by atoms with Gasteiger partial charge >= 0.3 is 0 Å². The third kappa shape index (κ3) is 3.40. The van der Waals surface area contributed by atoms with Crippen molar-refractivity contribution < 1.29 is 13.9 Å². The average molecular weight is 353 g/mol. The van der Waals surface area contributed by atoms with Crippen molar-refractivity contribution in [3.63, 3.8) is 0 Å². The Hall–Kier alpha value is -1.93. The second kappa shape index (κ2) is 6.23. The van der Waals surface area contributed by atoms with Crippen LogP contribution in [0.5, 0.6) is 0 Å². The molecule has 1 aliphatic heterocycles. The molecule has 3 heterocycles. The highest BCUT2D eigenvalue weighted by Crippen LogP contribution is 2.16. The largest absolute Gasteiger partial charge is 0.444 e. The lowest BCUT2D eigenvalue weighted by Crippen LogP contribution is -2.37. The highest BCUT2D eigenvalue weighted by atomic mass is 79.9. The number of morpholine rings is 1. The number of nitrogens with zero attached hydrogens (tertiary/aromatic N) is 3. The van der Waals surface area contributed by atoms with Crippen LogP contribution < -0.4 is 10.2 Å². The van der Waals surface area contributed by atoms with Gasteiger partial charge in [0, 0.05) is 13.1 Å². The average Bonchev–Trinajstić information content (AvgIpc) is 2.96. The number of nitrogens with one attached hydrogen (secondary N) is 1. The standard InChI is InChI=1S/C13H13BrN4O3/c14-11-2-1-10(21-11)12(19)17-9-7-15-13(16-8-9)18-3-5-20-6-4-18/h1-2,7-8H,3-6H2,(H,17,19). The quantitative estimate of drug-likeness (QED) is 0.908. The molecule has 2 aromatic rings. The summed E-state index contributed by atoms with van der Waals surface area (Å²) in [4.78, 5) is 22.5. The number of hydrogen-bond donors (Lipinski definition) is 1. The zero-order valence-corrected chi connectivity index (χ0v) is 12.7. The van der Waals surface area contributed by atoms with E-state index < -0.39 is 0 Å². The van der Waals surface area contributed by atoms with Crippen molar-refractivity contribution >= 4 is 33.5 Å². The maximum Gasteiger partial charge on any atom is 0.291 e. The van der Waals surface area contributed by atoms with Gasteiger partial charge in [-0.25, -0.2) is 9.97 Å². The summed E-state index contributed by atoms with van der Waals surface area (Å²) >= 11 is 3.15. The van der Waals surface area contributed by atoms with Crippen molar-refractivity contribution in [1.82, 2.24) is 9.97 Å². The molecule has 1 saturated heterocycles. The fourth-order valence-electron chi connectivity index (χ4n) is 1.94. The van der Waals surface area contributed by atoms with Crippen LogP contribution in [0, 0.1) is 0 Å². The molecule has 0 atom stereocenters. The Balaban J connectivity index is 1.65. The highest BCUT2D eigenvalue weighted by Gasteiger charge is 2.14. The van der Waals surface area contributed by atoms with E-state index in [0.29, 0.717) is 29.5 Å². The molecule has 1 amide bonds. The Bertz CT molecular complexity index is 623. The molecule has 0 aromatic carbocycles. The van der Waals surface area contributed by atoms with E-state index in [0.717, 1.165) is 13.1 Å².